The van der Waals surface area contributed by atoms with Crippen molar-refractivity contribution in [3.8, 4) is 17.2 Å². The van der Waals surface area contributed by atoms with Crippen LogP contribution in [0.1, 0.15) is 52.7 Å². The molecule has 7 nitrogen and oxygen atoms in total. The fourth-order valence-corrected chi connectivity index (χ4v) is 4.98. The molecule has 0 bridgehead atoms. The van der Waals surface area contributed by atoms with Gasteiger partial charge in [0.05, 0.1) is 37.8 Å². The molecule has 1 unspecified atom stereocenters. The SMILES string of the molecule is COc1ccc(CCN2C(=O)c3oc4ccc(C)cc4c(=O)c3C2c2ccc(OCC(C)C)c(OC)c2)cc1. The largest absolute Gasteiger partial charge is 0.497 e. The Balaban J connectivity index is 1.59. The molecule has 7 heteroatoms. The van der Waals surface area contributed by atoms with Gasteiger partial charge in [-0.1, -0.05) is 43.7 Å². The van der Waals surface area contributed by atoms with Crippen LogP contribution in [0.4, 0.5) is 0 Å². The van der Waals surface area contributed by atoms with E-state index in [9.17, 15) is 9.59 Å². The molecule has 0 radical (unpaired) electrons. The van der Waals surface area contributed by atoms with Gasteiger partial charge in [0, 0.05) is 6.54 Å². The van der Waals surface area contributed by atoms with E-state index in [-0.39, 0.29) is 17.1 Å². The molecule has 0 aliphatic carbocycles. The summed E-state index contributed by atoms with van der Waals surface area (Å²) in [5, 5.41) is 0.465. The molecule has 202 valence electrons. The Hall–Kier alpha value is -4.26. The standard InChI is InChI=1S/C32H33NO6/c1-19(2)18-38-26-13-9-22(17-27(26)37-5)29-28-30(34)24-16-20(3)6-12-25(24)39-31(28)32(35)33(29)15-14-21-7-10-23(36-4)11-8-21/h6-13,16-17,19,29H,14-15,18H2,1-5H3. The lowest BCUT2D eigenvalue weighted by Gasteiger charge is -2.26. The Bertz CT molecular complexity index is 1570. The molecule has 1 aliphatic heterocycles. The summed E-state index contributed by atoms with van der Waals surface area (Å²) in [6, 6.07) is 18.1. The van der Waals surface area contributed by atoms with Gasteiger partial charge in [0.2, 0.25) is 5.76 Å². The highest BCUT2D eigenvalue weighted by Crippen LogP contribution is 2.41. The fraction of sp³-hybridized carbons (Fsp3) is 0.312. The highest BCUT2D eigenvalue weighted by molar-refractivity contribution is 5.99. The number of nitrogens with zero attached hydrogens (tertiary/aromatic N) is 1. The topological polar surface area (TPSA) is 78.2 Å². The second-order valence-corrected chi connectivity index (χ2v) is 10.3. The van der Waals surface area contributed by atoms with Gasteiger partial charge in [-0.15, -0.1) is 0 Å². The van der Waals surface area contributed by atoms with Crippen molar-refractivity contribution < 1.29 is 23.4 Å². The molecule has 0 saturated carbocycles. The molecule has 4 aromatic rings. The number of fused-ring (bicyclic) bond motifs is 2. The quantitative estimate of drug-likeness (QED) is 0.268. The van der Waals surface area contributed by atoms with Crippen molar-refractivity contribution in [1.82, 2.24) is 4.90 Å². The zero-order valence-electron chi connectivity index (χ0n) is 22.9. The van der Waals surface area contributed by atoms with Gasteiger partial charge >= 0.3 is 0 Å². The van der Waals surface area contributed by atoms with E-state index in [0.29, 0.717) is 53.5 Å². The maximum absolute atomic E-state index is 13.9. The monoisotopic (exact) mass is 527 g/mol. The minimum absolute atomic E-state index is 0.0928. The zero-order chi connectivity index (χ0) is 27.7. The molecule has 1 aliphatic rings. The molecule has 1 aromatic heterocycles. The van der Waals surface area contributed by atoms with Gasteiger partial charge in [0.25, 0.3) is 5.91 Å². The van der Waals surface area contributed by atoms with E-state index >= 15 is 0 Å². The molecule has 39 heavy (non-hydrogen) atoms. The van der Waals surface area contributed by atoms with E-state index < -0.39 is 6.04 Å². The van der Waals surface area contributed by atoms with E-state index in [0.717, 1.165) is 22.4 Å². The number of rotatable bonds is 9. The molecule has 1 atom stereocenters. The van der Waals surface area contributed by atoms with Crippen LogP contribution in [0, 0.1) is 12.8 Å². The molecule has 0 fully saturated rings. The first-order valence-electron chi connectivity index (χ1n) is 13.1. The molecule has 3 aromatic carbocycles. The van der Waals surface area contributed by atoms with Gasteiger partial charge in [-0.2, -0.15) is 0 Å². The highest BCUT2D eigenvalue weighted by atomic mass is 16.5. The van der Waals surface area contributed by atoms with Gasteiger partial charge in [-0.25, -0.2) is 0 Å². The maximum Gasteiger partial charge on any atom is 0.290 e. The predicted octanol–water partition coefficient (Wildman–Crippen LogP) is 5.94. The van der Waals surface area contributed by atoms with Crippen molar-refractivity contribution >= 4 is 16.9 Å². The smallest absolute Gasteiger partial charge is 0.290 e. The average molecular weight is 528 g/mol. The van der Waals surface area contributed by atoms with E-state index in [2.05, 4.69) is 13.8 Å². The van der Waals surface area contributed by atoms with Gasteiger partial charge in [0.15, 0.2) is 16.9 Å². The summed E-state index contributed by atoms with van der Waals surface area (Å²) >= 11 is 0. The van der Waals surface area contributed by atoms with E-state index in [1.54, 1.807) is 25.2 Å². The second-order valence-electron chi connectivity index (χ2n) is 10.3. The summed E-state index contributed by atoms with van der Waals surface area (Å²) in [6.45, 7) is 7.02. The van der Waals surface area contributed by atoms with Crippen LogP contribution < -0.4 is 19.6 Å². The first-order valence-corrected chi connectivity index (χ1v) is 13.1. The third-order valence-electron chi connectivity index (χ3n) is 7.00. The number of carbonyl (C=O) groups is 1. The lowest BCUT2D eigenvalue weighted by atomic mass is 9.97. The van der Waals surface area contributed by atoms with Crippen LogP contribution in [0.15, 0.2) is 69.9 Å². The summed E-state index contributed by atoms with van der Waals surface area (Å²) in [5.41, 5.74) is 3.31. The Kier molecular flexibility index (Phi) is 7.33. The van der Waals surface area contributed by atoms with Crippen molar-refractivity contribution in [2.75, 3.05) is 27.4 Å². The minimum atomic E-state index is -0.625. The minimum Gasteiger partial charge on any atom is -0.497 e. The molecular weight excluding hydrogens is 494 g/mol. The fourth-order valence-electron chi connectivity index (χ4n) is 4.98. The summed E-state index contributed by atoms with van der Waals surface area (Å²) in [7, 11) is 3.21. The molecule has 2 heterocycles. The Morgan fingerprint density at radius 3 is 2.38 bits per heavy atom. The zero-order valence-corrected chi connectivity index (χ0v) is 22.9. The van der Waals surface area contributed by atoms with Crippen molar-refractivity contribution in [3.05, 3.63) is 98.9 Å². The van der Waals surface area contributed by atoms with Crippen molar-refractivity contribution in [2.24, 2.45) is 5.92 Å². The number of benzene rings is 3. The first kappa shape index (κ1) is 26.4. The Morgan fingerprint density at radius 2 is 1.69 bits per heavy atom. The first-order chi connectivity index (χ1) is 18.8. The summed E-state index contributed by atoms with van der Waals surface area (Å²) in [6.07, 6.45) is 0.597. The molecule has 5 rings (SSSR count). The van der Waals surface area contributed by atoms with E-state index in [1.807, 2.05) is 61.5 Å². The van der Waals surface area contributed by atoms with Gasteiger partial charge < -0.3 is 23.5 Å². The third-order valence-corrected chi connectivity index (χ3v) is 7.00. The molecule has 0 saturated heterocycles. The molecule has 0 N–H and O–H groups in total. The second kappa shape index (κ2) is 10.8. The number of carbonyl (C=O) groups excluding carboxylic acids is 1. The Labute approximate surface area is 227 Å². The number of ether oxygens (including phenoxy) is 3. The van der Waals surface area contributed by atoms with Crippen molar-refractivity contribution in [3.63, 3.8) is 0 Å². The van der Waals surface area contributed by atoms with Crippen LogP contribution in [0.2, 0.25) is 0 Å². The van der Waals surface area contributed by atoms with Crippen LogP contribution >= 0.6 is 0 Å². The molecule has 0 spiro atoms. The van der Waals surface area contributed by atoms with Crippen LogP contribution in [-0.2, 0) is 6.42 Å². The van der Waals surface area contributed by atoms with Gasteiger partial charge in [0.1, 0.15) is 11.3 Å². The normalized spacial score (nSPS) is 14.7. The number of hydrogen-bond acceptors (Lipinski definition) is 6. The van der Waals surface area contributed by atoms with Crippen LogP contribution in [0.5, 0.6) is 17.2 Å². The highest BCUT2D eigenvalue weighted by Gasteiger charge is 2.42. The van der Waals surface area contributed by atoms with Gasteiger partial charge in [-0.3, -0.25) is 9.59 Å². The Morgan fingerprint density at radius 1 is 0.923 bits per heavy atom. The van der Waals surface area contributed by atoms with Crippen LogP contribution in [0.3, 0.4) is 0 Å². The average Bonchev–Trinajstić information content (AvgIpc) is 3.22. The summed E-state index contributed by atoms with van der Waals surface area (Å²) in [5.74, 6) is 2.07. The van der Waals surface area contributed by atoms with Gasteiger partial charge in [-0.05, 0) is 66.8 Å². The van der Waals surface area contributed by atoms with E-state index in [4.69, 9.17) is 18.6 Å². The van der Waals surface area contributed by atoms with Crippen LogP contribution in [0.25, 0.3) is 11.0 Å². The lowest BCUT2D eigenvalue weighted by Crippen LogP contribution is -2.31. The molecule has 1 amide bonds. The number of hydrogen-bond donors (Lipinski definition) is 0. The summed E-state index contributed by atoms with van der Waals surface area (Å²) in [4.78, 5) is 29.4. The predicted molar refractivity (Wildman–Crippen MR) is 150 cm³/mol. The van der Waals surface area contributed by atoms with Crippen LogP contribution in [-0.4, -0.2) is 38.2 Å². The number of methoxy groups -OCH3 is 2. The molecular formula is C32H33NO6. The van der Waals surface area contributed by atoms with Crippen molar-refractivity contribution in [2.45, 2.75) is 33.2 Å². The van der Waals surface area contributed by atoms with E-state index in [1.165, 1.54) is 0 Å². The lowest BCUT2D eigenvalue weighted by molar-refractivity contribution is 0.0730. The number of amides is 1. The maximum atomic E-state index is 13.9. The third kappa shape index (κ3) is 5.09. The number of aryl methyl sites for hydroxylation is 1. The summed E-state index contributed by atoms with van der Waals surface area (Å²) < 4.78 is 23.0. The van der Waals surface area contributed by atoms with Crippen molar-refractivity contribution in [1.29, 1.82) is 0 Å².